The van der Waals surface area contributed by atoms with E-state index in [1.807, 2.05) is 101 Å². The molecule has 0 saturated heterocycles. The van der Waals surface area contributed by atoms with Crippen molar-refractivity contribution >= 4 is 33.1 Å². The average molecular weight is 648 g/mol. The number of nitrogens with zero attached hydrogens (tertiary/aromatic N) is 7. The number of aromatic nitrogens is 6. The van der Waals surface area contributed by atoms with Crippen molar-refractivity contribution in [2.24, 2.45) is 0 Å². The predicted molar refractivity (Wildman–Crippen MR) is 195 cm³/mol. The van der Waals surface area contributed by atoms with E-state index in [0.29, 0.717) is 11.5 Å². The second-order valence-electron chi connectivity index (χ2n) is 11.9. The monoisotopic (exact) mass is 647 g/mol. The molecule has 9 nitrogen and oxygen atoms in total. The van der Waals surface area contributed by atoms with E-state index < -0.39 is 4.92 Å². The fourth-order valence-electron chi connectivity index (χ4n) is 6.39. The molecule has 0 aliphatic rings. The largest absolute Gasteiger partial charge is 0.269 e. The van der Waals surface area contributed by atoms with Crippen molar-refractivity contribution in [2.45, 2.75) is 0 Å². The van der Waals surface area contributed by atoms with Gasteiger partial charge in [-0.1, -0.05) is 97.1 Å². The van der Waals surface area contributed by atoms with E-state index in [0.717, 1.165) is 72.5 Å². The summed E-state index contributed by atoms with van der Waals surface area (Å²) in [6.45, 7) is 0. The Kier molecular flexibility index (Phi) is 6.87. The van der Waals surface area contributed by atoms with Gasteiger partial charge >= 0.3 is 0 Å². The SMILES string of the molecule is O=[N+]([O-])c1ccc(-c2nc(-c3cccc(-c4cccc(-c5nc6ccccc6c6nnc(-c7ccccc7)n56)c4)c3)nc3ccccc23)cc1. The van der Waals surface area contributed by atoms with Crippen LogP contribution in [0.25, 0.3) is 84.0 Å². The highest BCUT2D eigenvalue weighted by molar-refractivity contribution is 5.95. The normalized spacial score (nSPS) is 11.4. The number of benzene rings is 6. The Morgan fingerprint density at radius 3 is 1.82 bits per heavy atom. The maximum atomic E-state index is 11.3. The first-order valence-electron chi connectivity index (χ1n) is 16.0. The van der Waals surface area contributed by atoms with Crippen molar-refractivity contribution in [3.8, 4) is 56.5 Å². The molecule has 9 aromatic rings. The molecule has 3 aromatic heterocycles. The topological polar surface area (TPSA) is 112 Å². The molecule has 0 fully saturated rings. The number of non-ortho nitro benzene ring substituents is 1. The highest BCUT2D eigenvalue weighted by Gasteiger charge is 2.19. The summed E-state index contributed by atoms with van der Waals surface area (Å²) in [6, 6.07) is 48.7. The molecule has 0 radical (unpaired) electrons. The van der Waals surface area contributed by atoms with Crippen LogP contribution in [-0.2, 0) is 0 Å². The van der Waals surface area contributed by atoms with Gasteiger partial charge in [0.05, 0.1) is 21.7 Å². The van der Waals surface area contributed by atoms with Gasteiger partial charge in [-0.05, 0) is 53.6 Å². The Hall–Kier alpha value is -7.13. The lowest BCUT2D eigenvalue weighted by molar-refractivity contribution is -0.384. The molecule has 0 unspecified atom stereocenters. The number of nitro groups is 1. The summed E-state index contributed by atoms with van der Waals surface area (Å²) in [4.78, 5) is 26.0. The molecular weight excluding hydrogens is 622 g/mol. The zero-order chi connectivity index (χ0) is 33.6. The number of rotatable bonds is 6. The van der Waals surface area contributed by atoms with Gasteiger partial charge in [0.15, 0.2) is 17.3 Å². The Morgan fingerprint density at radius 2 is 1.08 bits per heavy atom. The molecule has 0 N–H and O–H groups in total. The Labute approximate surface area is 285 Å². The Morgan fingerprint density at radius 1 is 0.480 bits per heavy atom. The zero-order valence-corrected chi connectivity index (χ0v) is 26.4. The minimum Gasteiger partial charge on any atom is -0.258 e. The molecule has 50 heavy (non-hydrogen) atoms. The zero-order valence-electron chi connectivity index (χ0n) is 26.4. The second-order valence-corrected chi connectivity index (χ2v) is 11.9. The third-order valence-electron chi connectivity index (χ3n) is 8.81. The summed E-state index contributed by atoms with van der Waals surface area (Å²) >= 11 is 0. The number of hydrogen-bond acceptors (Lipinski definition) is 7. The lowest BCUT2D eigenvalue weighted by atomic mass is 10.00. The molecule has 0 bridgehead atoms. The van der Waals surface area contributed by atoms with Gasteiger partial charge in [-0.2, -0.15) is 0 Å². The van der Waals surface area contributed by atoms with Crippen LogP contribution in [0.15, 0.2) is 152 Å². The fourth-order valence-corrected chi connectivity index (χ4v) is 6.39. The van der Waals surface area contributed by atoms with Crippen LogP contribution in [0.1, 0.15) is 0 Å². The van der Waals surface area contributed by atoms with E-state index in [4.69, 9.17) is 15.0 Å². The van der Waals surface area contributed by atoms with Crippen LogP contribution < -0.4 is 0 Å². The van der Waals surface area contributed by atoms with E-state index in [1.165, 1.54) is 12.1 Å². The number of para-hydroxylation sites is 2. The molecule has 6 aromatic carbocycles. The second kappa shape index (κ2) is 11.8. The Balaban J connectivity index is 1.17. The summed E-state index contributed by atoms with van der Waals surface area (Å²) in [5.41, 5.74) is 8.59. The lowest BCUT2D eigenvalue weighted by Crippen LogP contribution is -2.00. The molecule has 9 rings (SSSR count). The maximum absolute atomic E-state index is 11.3. The van der Waals surface area contributed by atoms with Crippen LogP contribution >= 0.6 is 0 Å². The summed E-state index contributed by atoms with van der Waals surface area (Å²) in [5.74, 6) is 2.02. The van der Waals surface area contributed by atoms with Gasteiger partial charge in [-0.25, -0.2) is 15.0 Å². The first-order chi connectivity index (χ1) is 24.6. The van der Waals surface area contributed by atoms with Gasteiger partial charge in [0.2, 0.25) is 0 Å². The van der Waals surface area contributed by atoms with Gasteiger partial charge in [0.1, 0.15) is 5.82 Å². The maximum Gasteiger partial charge on any atom is 0.269 e. The van der Waals surface area contributed by atoms with E-state index >= 15 is 0 Å². The molecule has 236 valence electrons. The van der Waals surface area contributed by atoms with Crippen molar-refractivity contribution in [1.29, 1.82) is 0 Å². The van der Waals surface area contributed by atoms with Crippen molar-refractivity contribution in [3.05, 3.63) is 162 Å². The van der Waals surface area contributed by atoms with Gasteiger partial charge in [0.25, 0.3) is 5.69 Å². The molecule has 0 aliphatic carbocycles. The van der Waals surface area contributed by atoms with E-state index in [9.17, 15) is 10.1 Å². The van der Waals surface area contributed by atoms with E-state index in [2.05, 4.69) is 40.5 Å². The van der Waals surface area contributed by atoms with Gasteiger partial charge in [0, 0.05) is 45.2 Å². The molecule has 3 heterocycles. The molecule has 9 heteroatoms. The third kappa shape index (κ3) is 5.01. The summed E-state index contributed by atoms with van der Waals surface area (Å²) < 4.78 is 2.04. The standard InChI is InChI=1S/C41H25N7O2/c49-48(50)32-22-20-26(21-23-32)37-33-16-4-6-18-35(33)42-38(44-37)30-14-8-12-28(24-30)29-13-9-15-31(25-29)39-43-36-19-7-5-17-34(36)41-46-45-40(47(39)41)27-10-2-1-3-11-27/h1-25H. The minimum atomic E-state index is -0.402. The van der Waals surface area contributed by atoms with Gasteiger partial charge in [-0.15, -0.1) is 10.2 Å². The van der Waals surface area contributed by atoms with Crippen molar-refractivity contribution in [1.82, 2.24) is 29.5 Å². The first kappa shape index (κ1) is 29.0. The van der Waals surface area contributed by atoms with Crippen LogP contribution in [0, 0.1) is 10.1 Å². The fraction of sp³-hybridized carbons (Fsp3) is 0. The van der Waals surface area contributed by atoms with E-state index in [-0.39, 0.29) is 5.69 Å². The summed E-state index contributed by atoms with van der Waals surface area (Å²) in [7, 11) is 0. The molecule has 0 spiro atoms. The van der Waals surface area contributed by atoms with Crippen molar-refractivity contribution < 1.29 is 4.92 Å². The Bertz CT molecular complexity index is 2740. The average Bonchev–Trinajstić information content (AvgIpc) is 3.63. The number of hydrogen-bond donors (Lipinski definition) is 0. The van der Waals surface area contributed by atoms with Gasteiger partial charge < -0.3 is 0 Å². The van der Waals surface area contributed by atoms with Crippen LogP contribution in [0.3, 0.4) is 0 Å². The quantitative estimate of drug-likeness (QED) is 0.131. The van der Waals surface area contributed by atoms with E-state index in [1.54, 1.807) is 12.1 Å². The lowest BCUT2D eigenvalue weighted by Gasteiger charge is -2.12. The summed E-state index contributed by atoms with van der Waals surface area (Å²) in [6.07, 6.45) is 0. The van der Waals surface area contributed by atoms with Crippen molar-refractivity contribution in [3.63, 3.8) is 0 Å². The van der Waals surface area contributed by atoms with Crippen molar-refractivity contribution in [2.75, 3.05) is 0 Å². The summed E-state index contributed by atoms with van der Waals surface area (Å²) in [5, 5.41) is 22.3. The van der Waals surface area contributed by atoms with Gasteiger partial charge in [-0.3, -0.25) is 14.5 Å². The van der Waals surface area contributed by atoms with Crippen LogP contribution in [0.4, 0.5) is 5.69 Å². The molecular formula is C41H25N7O2. The minimum absolute atomic E-state index is 0.0301. The highest BCUT2D eigenvalue weighted by Crippen LogP contribution is 2.34. The molecule has 0 amide bonds. The van der Waals surface area contributed by atoms with Crippen LogP contribution in [0.2, 0.25) is 0 Å². The molecule has 0 atom stereocenters. The third-order valence-corrected chi connectivity index (χ3v) is 8.81. The molecule has 0 aliphatic heterocycles. The predicted octanol–water partition coefficient (Wildman–Crippen LogP) is 9.46. The first-order valence-corrected chi connectivity index (χ1v) is 16.0. The highest BCUT2D eigenvalue weighted by atomic mass is 16.6. The number of nitro benzene ring substituents is 1. The smallest absolute Gasteiger partial charge is 0.258 e. The number of fused-ring (bicyclic) bond motifs is 4. The van der Waals surface area contributed by atoms with Crippen LogP contribution in [-0.4, -0.2) is 34.5 Å². The van der Waals surface area contributed by atoms with Crippen LogP contribution in [0.5, 0.6) is 0 Å². The molecule has 0 saturated carbocycles.